The van der Waals surface area contributed by atoms with Crippen molar-refractivity contribution >= 4 is 13.2 Å². The fourth-order valence-corrected chi connectivity index (χ4v) is 3.62. The minimum atomic E-state index is -6.22. The van der Waals surface area contributed by atoms with Crippen molar-refractivity contribution in [2.45, 2.75) is 25.9 Å². The van der Waals surface area contributed by atoms with E-state index in [-0.39, 0.29) is 12.3 Å². The van der Waals surface area contributed by atoms with Crippen LogP contribution in [0.5, 0.6) is 0 Å². The van der Waals surface area contributed by atoms with Crippen LogP contribution >= 0.6 is 7.92 Å². The molecule has 0 saturated heterocycles. The lowest BCUT2D eigenvalue weighted by atomic mass is 10.1. The first-order valence-electron chi connectivity index (χ1n) is 5.86. The van der Waals surface area contributed by atoms with Gasteiger partial charge < -0.3 is 0 Å². The van der Waals surface area contributed by atoms with Gasteiger partial charge in [-0.2, -0.15) is 22.0 Å². The Morgan fingerprint density at radius 2 is 1.38 bits per heavy atom. The summed E-state index contributed by atoms with van der Waals surface area (Å²) in [6.07, 6.45) is -5.74. The second-order valence-electron chi connectivity index (χ2n) is 4.12. The third kappa shape index (κ3) is 3.15. The highest BCUT2D eigenvalue weighted by molar-refractivity contribution is 7.65. The molecule has 0 unspecified atom stereocenters. The molecule has 1 aromatic carbocycles. The van der Waals surface area contributed by atoms with Crippen LogP contribution in [0.1, 0.15) is 19.4 Å². The molecule has 0 saturated carbocycles. The summed E-state index contributed by atoms with van der Waals surface area (Å²) in [7, 11) is -1.48. The van der Waals surface area contributed by atoms with Crippen molar-refractivity contribution in [1.29, 1.82) is 0 Å². The highest BCUT2D eigenvalue weighted by Gasteiger charge is 2.62. The maximum absolute atomic E-state index is 14.0. The molecule has 0 aliphatic heterocycles. The van der Waals surface area contributed by atoms with Crippen molar-refractivity contribution in [1.82, 2.24) is 0 Å². The summed E-state index contributed by atoms with van der Waals surface area (Å²) in [5, 5.41) is -0.618. The molecule has 0 nitrogen and oxygen atoms in total. The Hall–Kier alpha value is -0.910. The molecule has 0 bridgehead atoms. The Morgan fingerprint density at radius 3 is 1.76 bits per heavy atom. The smallest absolute Gasteiger partial charge is 0.206 e. The van der Waals surface area contributed by atoms with Crippen LogP contribution in [-0.2, 0) is 5.92 Å². The van der Waals surface area contributed by atoms with E-state index in [1.807, 2.05) is 0 Å². The summed E-state index contributed by atoms with van der Waals surface area (Å²) in [6.45, 7) is 3.11. The average Bonchev–Trinajstić information content (AvgIpc) is 2.35. The molecule has 0 spiro atoms. The van der Waals surface area contributed by atoms with Crippen LogP contribution in [0.2, 0.25) is 0 Å². The topological polar surface area (TPSA) is 0 Å². The van der Waals surface area contributed by atoms with Crippen molar-refractivity contribution < 1.29 is 35.1 Å². The van der Waals surface area contributed by atoms with Crippen LogP contribution in [0, 0.1) is 17.5 Å². The third-order valence-corrected chi connectivity index (χ3v) is 5.44. The van der Waals surface area contributed by atoms with Gasteiger partial charge in [0.2, 0.25) is 0 Å². The fraction of sp³-hybridized carbons (Fsp3) is 0.500. The van der Waals surface area contributed by atoms with Crippen LogP contribution in [-0.4, -0.2) is 18.5 Å². The molecule has 0 aromatic heterocycles. The highest BCUT2D eigenvalue weighted by Crippen LogP contribution is 2.47. The molecular weight excluding hydrogens is 327 g/mol. The zero-order valence-electron chi connectivity index (χ0n) is 11.0. The number of rotatable bonds is 4. The van der Waals surface area contributed by atoms with E-state index in [0.29, 0.717) is 6.07 Å². The first kappa shape index (κ1) is 18.1. The lowest BCUT2D eigenvalue weighted by Gasteiger charge is -2.24. The van der Waals surface area contributed by atoms with Crippen LogP contribution in [0.3, 0.4) is 0 Å². The Balaban J connectivity index is 3.67. The SMILES string of the molecule is CCP(CC)c1cc(F)c(F)c(C(F)(F)C(F)(F)F)c1F. The first-order chi connectivity index (χ1) is 9.48. The molecule has 21 heavy (non-hydrogen) atoms. The maximum Gasteiger partial charge on any atom is 0.458 e. The lowest BCUT2D eigenvalue weighted by molar-refractivity contribution is -0.291. The molecular formula is C12H11F8P. The molecule has 9 heteroatoms. The number of hydrogen-bond acceptors (Lipinski definition) is 0. The van der Waals surface area contributed by atoms with Crippen molar-refractivity contribution in [3.63, 3.8) is 0 Å². The van der Waals surface area contributed by atoms with E-state index in [2.05, 4.69) is 0 Å². The number of benzene rings is 1. The molecule has 0 amide bonds. The zero-order chi connectivity index (χ0) is 16.6. The normalized spacial score (nSPS) is 13.1. The molecule has 0 atom stereocenters. The van der Waals surface area contributed by atoms with Gasteiger partial charge in [0.25, 0.3) is 0 Å². The minimum Gasteiger partial charge on any atom is -0.206 e. The molecule has 1 rings (SSSR count). The summed E-state index contributed by atoms with van der Waals surface area (Å²) in [4.78, 5) is 0. The van der Waals surface area contributed by atoms with E-state index in [4.69, 9.17) is 0 Å². The van der Waals surface area contributed by atoms with Gasteiger partial charge in [-0.1, -0.05) is 21.8 Å². The van der Waals surface area contributed by atoms with Crippen LogP contribution in [0.25, 0.3) is 0 Å². The molecule has 0 aliphatic rings. The maximum atomic E-state index is 14.0. The van der Waals surface area contributed by atoms with E-state index < -0.39 is 48.3 Å². The lowest BCUT2D eigenvalue weighted by Crippen LogP contribution is -2.37. The standard InChI is InChI=1S/C12H11F8P/c1-3-21(4-2)7-5-6(13)9(14)8(10(7)15)11(16,17)12(18,19)20/h5H,3-4H2,1-2H3. The summed E-state index contributed by atoms with van der Waals surface area (Å²) in [5.74, 6) is -12.3. The van der Waals surface area contributed by atoms with E-state index in [0.717, 1.165) is 0 Å². The van der Waals surface area contributed by atoms with Gasteiger partial charge >= 0.3 is 12.1 Å². The van der Waals surface area contributed by atoms with Gasteiger partial charge in [0, 0.05) is 5.30 Å². The van der Waals surface area contributed by atoms with Crippen molar-refractivity contribution in [2.75, 3.05) is 12.3 Å². The predicted octanol–water partition coefficient (Wildman–Crippen LogP) is 4.91. The second kappa shape index (κ2) is 6.07. The molecule has 120 valence electrons. The first-order valence-corrected chi connectivity index (χ1v) is 7.57. The van der Waals surface area contributed by atoms with E-state index >= 15 is 0 Å². The highest BCUT2D eigenvalue weighted by atomic mass is 31.1. The summed E-state index contributed by atoms with van der Waals surface area (Å²) in [6, 6.07) is 0.360. The quantitative estimate of drug-likeness (QED) is 0.416. The monoisotopic (exact) mass is 338 g/mol. The van der Waals surface area contributed by atoms with Crippen LogP contribution in [0.4, 0.5) is 35.1 Å². The number of hydrogen-bond donors (Lipinski definition) is 0. The van der Waals surface area contributed by atoms with Crippen molar-refractivity contribution in [3.05, 3.63) is 29.1 Å². The number of halogens is 8. The Morgan fingerprint density at radius 1 is 0.905 bits per heavy atom. The largest absolute Gasteiger partial charge is 0.458 e. The van der Waals surface area contributed by atoms with Crippen molar-refractivity contribution in [3.8, 4) is 0 Å². The Kier molecular flexibility index (Phi) is 5.24. The fourth-order valence-electron chi connectivity index (χ4n) is 1.80. The van der Waals surface area contributed by atoms with Gasteiger partial charge in [-0.15, -0.1) is 0 Å². The van der Waals surface area contributed by atoms with Crippen molar-refractivity contribution in [2.24, 2.45) is 0 Å². The Labute approximate surface area is 116 Å². The van der Waals surface area contributed by atoms with Gasteiger partial charge in [0.05, 0.1) is 0 Å². The third-order valence-electron chi connectivity index (χ3n) is 2.91. The minimum absolute atomic E-state index is 0.241. The molecule has 0 aliphatic carbocycles. The van der Waals surface area contributed by atoms with Crippen LogP contribution in [0.15, 0.2) is 6.07 Å². The van der Waals surface area contributed by atoms with E-state index in [9.17, 15) is 35.1 Å². The van der Waals surface area contributed by atoms with Gasteiger partial charge in [0.15, 0.2) is 11.6 Å². The van der Waals surface area contributed by atoms with Gasteiger partial charge in [-0.3, -0.25) is 0 Å². The van der Waals surface area contributed by atoms with Gasteiger partial charge in [-0.25, -0.2) is 13.2 Å². The second-order valence-corrected chi connectivity index (χ2v) is 6.95. The van der Waals surface area contributed by atoms with E-state index in [1.54, 1.807) is 13.8 Å². The van der Waals surface area contributed by atoms with Gasteiger partial charge in [-0.05, 0) is 18.4 Å². The van der Waals surface area contributed by atoms with E-state index in [1.165, 1.54) is 0 Å². The molecule has 1 aromatic rings. The summed E-state index contributed by atoms with van der Waals surface area (Å²) in [5.41, 5.74) is -2.57. The molecule has 0 radical (unpaired) electrons. The summed E-state index contributed by atoms with van der Waals surface area (Å²) >= 11 is 0. The van der Waals surface area contributed by atoms with Gasteiger partial charge in [0.1, 0.15) is 11.4 Å². The Bertz CT molecular complexity index is 519. The molecule has 0 fully saturated rings. The molecule has 0 heterocycles. The zero-order valence-corrected chi connectivity index (χ0v) is 11.9. The molecule has 0 N–H and O–H groups in total. The number of alkyl halides is 5. The van der Waals surface area contributed by atoms with Crippen LogP contribution < -0.4 is 5.30 Å². The predicted molar refractivity (Wildman–Crippen MR) is 63.9 cm³/mol. The summed E-state index contributed by atoms with van der Waals surface area (Å²) < 4.78 is 104. The average molecular weight is 338 g/mol.